The number of carbonyl (C=O) groups is 2. The number of hydrogen-bond donors (Lipinski definition) is 2. The molecule has 2 amide bonds. The standard InChI is InChI=1S/C19H17N5O2/c25-18(8-7-15-4-2-9-20-13-15)21-14-19(26)23-16-5-1-6-17(12-16)24-11-3-10-22-24/h1-13H,14H2,(H,21,25)(H,23,26)/b8-7-. The number of amides is 2. The van der Waals surface area contributed by atoms with Crippen LogP contribution in [0.2, 0.25) is 0 Å². The molecule has 0 saturated carbocycles. The van der Waals surface area contributed by atoms with Crippen LogP contribution >= 0.6 is 0 Å². The van der Waals surface area contributed by atoms with Crippen molar-refractivity contribution in [2.45, 2.75) is 0 Å². The van der Waals surface area contributed by atoms with Crippen LogP contribution in [0.4, 0.5) is 5.69 Å². The molecule has 0 aliphatic rings. The summed E-state index contributed by atoms with van der Waals surface area (Å²) in [5.74, 6) is -0.667. The molecule has 7 nitrogen and oxygen atoms in total. The van der Waals surface area contributed by atoms with Gasteiger partial charge in [-0.3, -0.25) is 14.6 Å². The number of nitrogens with one attached hydrogen (secondary N) is 2. The lowest BCUT2D eigenvalue weighted by atomic mass is 10.2. The van der Waals surface area contributed by atoms with Gasteiger partial charge in [0.25, 0.3) is 0 Å². The Bertz CT molecular complexity index is 905. The largest absolute Gasteiger partial charge is 0.343 e. The topological polar surface area (TPSA) is 88.9 Å². The van der Waals surface area contributed by atoms with E-state index in [4.69, 9.17) is 0 Å². The van der Waals surface area contributed by atoms with Crippen molar-refractivity contribution in [3.05, 3.63) is 78.9 Å². The Hall–Kier alpha value is -3.74. The van der Waals surface area contributed by atoms with Gasteiger partial charge in [0.1, 0.15) is 0 Å². The molecule has 0 radical (unpaired) electrons. The third-order valence-corrected chi connectivity index (χ3v) is 3.43. The van der Waals surface area contributed by atoms with E-state index >= 15 is 0 Å². The third-order valence-electron chi connectivity index (χ3n) is 3.43. The molecular formula is C19H17N5O2. The highest BCUT2D eigenvalue weighted by Crippen LogP contribution is 2.13. The molecule has 130 valence electrons. The molecule has 0 aliphatic carbocycles. The Labute approximate surface area is 150 Å². The number of nitrogens with zero attached hydrogens (tertiary/aromatic N) is 3. The minimum absolute atomic E-state index is 0.123. The summed E-state index contributed by atoms with van der Waals surface area (Å²) < 4.78 is 1.70. The molecule has 0 atom stereocenters. The predicted molar refractivity (Wildman–Crippen MR) is 98.5 cm³/mol. The molecule has 0 unspecified atom stereocenters. The Morgan fingerprint density at radius 2 is 2.04 bits per heavy atom. The van der Waals surface area contributed by atoms with Gasteiger partial charge in [0.2, 0.25) is 11.8 Å². The number of aromatic nitrogens is 3. The SMILES string of the molecule is O=C(/C=C\c1cccnc1)NCC(=O)Nc1cccc(-n2cccn2)c1. The van der Waals surface area contributed by atoms with Gasteiger partial charge in [0, 0.05) is 36.6 Å². The number of rotatable bonds is 6. The van der Waals surface area contributed by atoms with Crippen molar-refractivity contribution < 1.29 is 9.59 Å². The molecule has 0 spiro atoms. The summed E-state index contributed by atoms with van der Waals surface area (Å²) in [5.41, 5.74) is 2.27. The lowest BCUT2D eigenvalue weighted by molar-refractivity contribution is -0.121. The second-order valence-electron chi connectivity index (χ2n) is 5.39. The number of pyridine rings is 1. The first-order valence-corrected chi connectivity index (χ1v) is 7.96. The lowest BCUT2D eigenvalue weighted by Gasteiger charge is -2.08. The fraction of sp³-hybridized carbons (Fsp3) is 0.0526. The van der Waals surface area contributed by atoms with Crippen molar-refractivity contribution in [3.8, 4) is 5.69 Å². The Kier molecular flexibility index (Phi) is 5.51. The molecule has 2 aromatic heterocycles. The van der Waals surface area contributed by atoms with Crippen molar-refractivity contribution in [2.24, 2.45) is 0 Å². The molecule has 26 heavy (non-hydrogen) atoms. The average Bonchev–Trinajstić information content (AvgIpc) is 3.21. The number of carbonyl (C=O) groups excluding carboxylic acids is 2. The molecule has 0 saturated heterocycles. The Morgan fingerprint density at radius 3 is 2.81 bits per heavy atom. The van der Waals surface area contributed by atoms with Crippen LogP contribution < -0.4 is 10.6 Å². The van der Waals surface area contributed by atoms with Crippen LogP contribution in [0.25, 0.3) is 11.8 Å². The zero-order valence-electron chi connectivity index (χ0n) is 13.9. The Balaban J connectivity index is 1.50. The molecule has 0 fully saturated rings. The van der Waals surface area contributed by atoms with Gasteiger partial charge in [-0.25, -0.2) is 4.68 Å². The van der Waals surface area contributed by atoms with E-state index in [0.717, 1.165) is 11.3 Å². The highest BCUT2D eigenvalue weighted by Gasteiger charge is 2.05. The Morgan fingerprint density at radius 1 is 1.12 bits per heavy atom. The number of benzene rings is 1. The van der Waals surface area contributed by atoms with E-state index in [1.165, 1.54) is 6.08 Å². The smallest absolute Gasteiger partial charge is 0.244 e. The molecule has 3 aromatic rings. The molecule has 2 N–H and O–H groups in total. The van der Waals surface area contributed by atoms with Gasteiger partial charge >= 0.3 is 0 Å². The molecule has 0 bridgehead atoms. The van der Waals surface area contributed by atoms with Gasteiger partial charge in [0.05, 0.1) is 12.2 Å². The predicted octanol–water partition coefficient (Wildman–Crippen LogP) is 2.04. The third kappa shape index (κ3) is 4.88. The van der Waals surface area contributed by atoms with E-state index in [9.17, 15) is 9.59 Å². The van der Waals surface area contributed by atoms with Crippen LogP contribution in [0.3, 0.4) is 0 Å². The minimum Gasteiger partial charge on any atom is -0.343 e. The maximum absolute atomic E-state index is 12.0. The van der Waals surface area contributed by atoms with Crippen molar-refractivity contribution in [2.75, 3.05) is 11.9 Å². The summed E-state index contributed by atoms with van der Waals surface area (Å²) in [6.07, 6.45) is 9.79. The molecular weight excluding hydrogens is 330 g/mol. The van der Waals surface area contributed by atoms with Crippen LogP contribution in [0.1, 0.15) is 5.56 Å². The van der Waals surface area contributed by atoms with Gasteiger partial charge in [-0.05, 0) is 42.0 Å². The summed E-state index contributed by atoms with van der Waals surface area (Å²) in [4.78, 5) is 27.7. The van der Waals surface area contributed by atoms with Crippen LogP contribution in [0.15, 0.2) is 73.3 Å². The van der Waals surface area contributed by atoms with Crippen LogP contribution in [0, 0.1) is 0 Å². The van der Waals surface area contributed by atoms with E-state index < -0.39 is 0 Å². The van der Waals surface area contributed by atoms with Gasteiger partial charge in [-0.15, -0.1) is 0 Å². The van der Waals surface area contributed by atoms with Crippen molar-refractivity contribution in [1.82, 2.24) is 20.1 Å². The molecule has 3 rings (SSSR count). The van der Waals surface area contributed by atoms with Gasteiger partial charge in [-0.1, -0.05) is 12.1 Å². The van der Waals surface area contributed by atoms with Gasteiger partial charge < -0.3 is 10.6 Å². The highest BCUT2D eigenvalue weighted by atomic mass is 16.2. The summed E-state index contributed by atoms with van der Waals surface area (Å²) in [7, 11) is 0. The summed E-state index contributed by atoms with van der Waals surface area (Å²) in [5, 5.41) is 9.43. The first kappa shape index (κ1) is 17.1. The first-order chi connectivity index (χ1) is 12.7. The maximum atomic E-state index is 12.0. The maximum Gasteiger partial charge on any atom is 0.244 e. The second-order valence-corrected chi connectivity index (χ2v) is 5.39. The molecule has 1 aromatic carbocycles. The number of anilines is 1. The fourth-order valence-corrected chi connectivity index (χ4v) is 2.23. The van der Waals surface area contributed by atoms with Crippen molar-refractivity contribution in [3.63, 3.8) is 0 Å². The zero-order chi connectivity index (χ0) is 18.2. The monoisotopic (exact) mass is 347 g/mol. The first-order valence-electron chi connectivity index (χ1n) is 7.96. The van der Waals surface area contributed by atoms with E-state index in [-0.39, 0.29) is 18.4 Å². The second kappa shape index (κ2) is 8.39. The fourth-order valence-electron chi connectivity index (χ4n) is 2.23. The molecule has 0 aliphatic heterocycles. The minimum atomic E-state index is -0.353. The average molecular weight is 347 g/mol. The van der Waals surface area contributed by atoms with Crippen molar-refractivity contribution >= 4 is 23.6 Å². The summed E-state index contributed by atoms with van der Waals surface area (Å²) in [6, 6.07) is 12.7. The van der Waals surface area contributed by atoms with Gasteiger partial charge in [0.15, 0.2) is 0 Å². The quantitative estimate of drug-likeness (QED) is 0.668. The summed E-state index contributed by atoms with van der Waals surface area (Å²) in [6.45, 7) is -0.123. The van der Waals surface area contributed by atoms with Gasteiger partial charge in [-0.2, -0.15) is 5.10 Å². The lowest BCUT2D eigenvalue weighted by Crippen LogP contribution is -2.31. The molecule has 7 heteroatoms. The van der Waals surface area contributed by atoms with E-state index in [2.05, 4.69) is 20.7 Å². The summed E-state index contributed by atoms with van der Waals surface area (Å²) >= 11 is 0. The van der Waals surface area contributed by atoms with Crippen LogP contribution in [0.5, 0.6) is 0 Å². The van der Waals surface area contributed by atoms with Crippen molar-refractivity contribution in [1.29, 1.82) is 0 Å². The van der Waals surface area contributed by atoms with E-state index in [1.54, 1.807) is 47.5 Å². The zero-order valence-corrected chi connectivity index (χ0v) is 13.9. The van der Waals surface area contributed by atoms with E-state index in [1.807, 2.05) is 30.5 Å². The highest BCUT2D eigenvalue weighted by molar-refractivity contribution is 5.98. The van der Waals surface area contributed by atoms with E-state index in [0.29, 0.717) is 5.69 Å². The van der Waals surface area contributed by atoms with Crippen LogP contribution in [-0.2, 0) is 9.59 Å². The van der Waals surface area contributed by atoms with Crippen LogP contribution in [-0.4, -0.2) is 33.1 Å². The molecule has 2 heterocycles. The normalized spacial score (nSPS) is 10.6. The number of hydrogen-bond acceptors (Lipinski definition) is 4.